The number of hydrogen-bond acceptors (Lipinski definition) is 2. The Morgan fingerprint density at radius 3 is 2.10 bits per heavy atom. The van der Waals surface area contributed by atoms with Gasteiger partial charge in [-0.2, -0.15) is 0 Å². The molecule has 0 aromatic heterocycles. The van der Waals surface area contributed by atoms with Gasteiger partial charge >= 0.3 is 5.97 Å². The van der Waals surface area contributed by atoms with E-state index in [0.717, 1.165) is 18.5 Å². The van der Waals surface area contributed by atoms with Crippen molar-refractivity contribution < 1.29 is 14.6 Å². The molecule has 0 saturated heterocycles. The molecular weight excluding hydrogens is 597 g/mol. The van der Waals surface area contributed by atoms with Crippen molar-refractivity contribution in [1.29, 1.82) is 0 Å². The summed E-state index contributed by atoms with van der Waals surface area (Å²) < 4.78 is 8.61. The van der Waals surface area contributed by atoms with E-state index in [2.05, 4.69) is 67.8 Å². The third-order valence-electron chi connectivity index (χ3n) is 2.54. The van der Waals surface area contributed by atoms with Crippen molar-refractivity contribution in [2.75, 3.05) is 0 Å². The molecule has 0 atom stereocenters. The second kappa shape index (κ2) is 7.25. The lowest BCUT2D eigenvalue weighted by Gasteiger charge is -2.11. The van der Waals surface area contributed by atoms with Gasteiger partial charge in [-0.15, -0.1) is 0 Å². The molecule has 0 saturated carbocycles. The maximum absolute atomic E-state index is 11.0. The van der Waals surface area contributed by atoms with Crippen molar-refractivity contribution in [3.63, 3.8) is 0 Å². The van der Waals surface area contributed by atoms with Crippen molar-refractivity contribution in [2.45, 2.75) is 6.61 Å². The quantitative estimate of drug-likeness (QED) is 0.511. The van der Waals surface area contributed by atoms with Crippen LogP contribution in [0.4, 0.5) is 0 Å². The van der Waals surface area contributed by atoms with Crippen LogP contribution in [0.1, 0.15) is 15.9 Å². The third-order valence-corrected chi connectivity index (χ3v) is 4.86. The smallest absolute Gasteiger partial charge is 0.335 e. The van der Waals surface area contributed by atoms with Gasteiger partial charge < -0.3 is 9.84 Å². The van der Waals surface area contributed by atoms with E-state index in [1.807, 2.05) is 24.3 Å². The molecule has 3 nitrogen and oxygen atoms in total. The van der Waals surface area contributed by atoms with Gasteiger partial charge in [0.15, 0.2) is 0 Å². The Kier molecular flexibility index (Phi) is 5.90. The number of hydrogen-bond donors (Lipinski definition) is 1. The largest absolute Gasteiger partial charge is 0.487 e. The fraction of sp³-hybridized carbons (Fsp3) is 0.0714. The fourth-order valence-electron chi connectivity index (χ4n) is 1.56. The summed E-state index contributed by atoms with van der Waals surface area (Å²) >= 11 is 6.46. The Labute approximate surface area is 157 Å². The summed E-state index contributed by atoms with van der Waals surface area (Å²) in [4.78, 5) is 11.0. The van der Waals surface area contributed by atoms with E-state index in [-0.39, 0.29) is 5.56 Å². The van der Waals surface area contributed by atoms with Crippen LogP contribution in [-0.4, -0.2) is 11.1 Å². The number of benzene rings is 2. The lowest BCUT2D eigenvalue weighted by Crippen LogP contribution is -2.03. The lowest BCUT2D eigenvalue weighted by atomic mass is 10.2. The molecule has 0 heterocycles. The van der Waals surface area contributed by atoms with Gasteiger partial charge in [-0.3, -0.25) is 0 Å². The zero-order chi connectivity index (χ0) is 14.7. The molecule has 0 radical (unpaired) electrons. The van der Waals surface area contributed by atoms with Crippen LogP contribution in [0.25, 0.3) is 0 Å². The molecule has 0 aliphatic heterocycles. The number of aromatic carboxylic acids is 1. The molecular formula is C14H9I3O3. The van der Waals surface area contributed by atoms with E-state index in [4.69, 9.17) is 9.84 Å². The molecule has 0 amide bonds. The van der Waals surface area contributed by atoms with Crippen molar-refractivity contribution in [3.8, 4) is 5.75 Å². The first-order valence-corrected chi connectivity index (χ1v) is 8.80. The predicted molar refractivity (Wildman–Crippen MR) is 102 cm³/mol. The van der Waals surface area contributed by atoms with Gasteiger partial charge in [0, 0.05) is 3.57 Å². The van der Waals surface area contributed by atoms with Gasteiger partial charge in [0.25, 0.3) is 0 Å². The monoisotopic (exact) mass is 606 g/mol. The van der Waals surface area contributed by atoms with Crippen LogP contribution in [0, 0.1) is 10.7 Å². The summed E-state index contributed by atoms with van der Waals surface area (Å²) in [5, 5.41) is 9.01. The van der Waals surface area contributed by atoms with Crippen LogP contribution in [0.2, 0.25) is 0 Å². The van der Waals surface area contributed by atoms with Crippen LogP contribution >= 0.6 is 67.8 Å². The molecule has 2 rings (SSSR count). The average Bonchev–Trinajstić information content (AvgIpc) is 2.39. The van der Waals surface area contributed by atoms with Crippen molar-refractivity contribution >= 4 is 73.7 Å². The zero-order valence-corrected chi connectivity index (χ0v) is 16.5. The summed E-state index contributed by atoms with van der Waals surface area (Å²) in [5.74, 6) is -0.195. The minimum absolute atomic E-state index is 0.278. The van der Waals surface area contributed by atoms with Gasteiger partial charge in [0.2, 0.25) is 0 Å². The van der Waals surface area contributed by atoms with E-state index in [1.54, 1.807) is 12.1 Å². The standard InChI is InChI=1S/C14H9I3O3/c15-10-3-1-8(2-4-10)7-20-13-11(16)5-9(14(18)19)6-12(13)17/h1-6H,7H2,(H,18,19). The highest BCUT2D eigenvalue weighted by Crippen LogP contribution is 2.29. The van der Waals surface area contributed by atoms with E-state index in [9.17, 15) is 4.79 Å². The Morgan fingerprint density at radius 1 is 1.05 bits per heavy atom. The Morgan fingerprint density at radius 2 is 1.60 bits per heavy atom. The number of rotatable bonds is 4. The first kappa shape index (κ1) is 16.3. The van der Waals surface area contributed by atoms with Crippen molar-refractivity contribution in [1.82, 2.24) is 0 Å². The molecule has 104 valence electrons. The minimum atomic E-state index is -0.926. The van der Waals surface area contributed by atoms with Crippen LogP contribution in [-0.2, 0) is 6.61 Å². The number of halogens is 3. The number of ether oxygens (including phenoxy) is 1. The minimum Gasteiger partial charge on any atom is -0.487 e. The zero-order valence-electron chi connectivity index (χ0n) is 10.1. The highest BCUT2D eigenvalue weighted by molar-refractivity contribution is 14.1. The first-order chi connectivity index (χ1) is 9.47. The normalized spacial score (nSPS) is 10.3. The van der Waals surface area contributed by atoms with Crippen LogP contribution in [0.5, 0.6) is 5.75 Å². The summed E-state index contributed by atoms with van der Waals surface area (Å²) in [7, 11) is 0. The molecule has 20 heavy (non-hydrogen) atoms. The number of carboxylic acids is 1. The molecule has 2 aromatic carbocycles. The fourth-order valence-corrected chi connectivity index (χ4v) is 4.00. The van der Waals surface area contributed by atoms with E-state index < -0.39 is 5.97 Å². The van der Waals surface area contributed by atoms with Crippen molar-refractivity contribution in [3.05, 3.63) is 58.2 Å². The maximum Gasteiger partial charge on any atom is 0.335 e. The highest BCUT2D eigenvalue weighted by atomic mass is 127. The van der Waals surface area contributed by atoms with E-state index in [1.165, 1.54) is 3.57 Å². The first-order valence-electron chi connectivity index (χ1n) is 5.57. The van der Waals surface area contributed by atoms with Crippen molar-refractivity contribution in [2.24, 2.45) is 0 Å². The Bertz CT molecular complexity index is 616. The molecule has 0 fully saturated rings. The second-order valence-corrected chi connectivity index (χ2v) is 7.56. The lowest BCUT2D eigenvalue weighted by molar-refractivity contribution is 0.0696. The topological polar surface area (TPSA) is 46.5 Å². The molecule has 0 unspecified atom stereocenters. The molecule has 0 aliphatic rings. The molecule has 1 N–H and O–H groups in total. The van der Waals surface area contributed by atoms with E-state index >= 15 is 0 Å². The molecule has 0 aliphatic carbocycles. The van der Waals surface area contributed by atoms with Crippen LogP contribution in [0.15, 0.2) is 36.4 Å². The number of carboxylic acid groups (broad SMARTS) is 1. The van der Waals surface area contributed by atoms with Gasteiger partial charge in [0.05, 0.1) is 12.7 Å². The van der Waals surface area contributed by atoms with Gasteiger partial charge in [-0.1, -0.05) is 12.1 Å². The Hall–Kier alpha value is -0.100. The molecule has 6 heteroatoms. The summed E-state index contributed by atoms with van der Waals surface area (Å²) in [5.41, 5.74) is 1.36. The summed E-state index contributed by atoms with van der Waals surface area (Å²) in [6.45, 7) is 0.468. The predicted octanol–water partition coefficient (Wildman–Crippen LogP) is 4.78. The third kappa shape index (κ3) is 4.20. The van der Waals surface area contributed by atoms with Gasteiger partial charge in [-0.25, -0.2) is 4.79 Å². The maximum atomic E-state index is 11.0. The highest BCUT2D eigenvalue weighted by Gasteiger charge is 2.12. The van der Waals surface area contributed by atoms with Gasteiger partial charge in [-0.05, 0) is 97.6 Å². The van der Waals surface area contributed by atoms with Gasteiger partial charge in [0.1, 0.15) is 12.4 Å². The second-order valence-electron chi connectivity index (χ2n) is 3.99. The molecule has 0 spiro atoms. The molecule has 0 bridgehead atoms. The van der Waals surface area contributed by atoms with E-state index in [0.29, 0.717) is 6.61 Å². The van der Waals surface area contributed by atoms with Crippen LogP contribution in [0.3, 0.4) is 0 Å². The summed E-state index contributed by atoms with van der Waals surface area (Å²) in [6.07, 6.45) is 0. The summed E-state index contributed by atoms with van der Waals surface area (Å²) in [6, 6.07) is 11.3. The molecule has 2 aromatic rings. The Balaban J connectivity index is 2.17. The van der Waals surface area contributed by atoms with Crippen LogP contribution < -0.4 is 4.74 Å². The number of carbonyl (C=O) groups is 1. The SMILES string of the molecule is O=C(O)c1cc(I)c(OCc2ccc(I)cc2)c(I)c1. The average molecular weight is 606 g/mol.